The van der Waals surface area contributed by atoms with Crippen LogP contribution in [-0.4, -0.2) is 10.9 Å². The van der Waals surface area contributed by atoms with E-state index in [2.05, 4.69) is 4.98 Å². The van der Waals surface area contributed by atoms with Crippen molar-refractivity contribution in [2.24, 2.45) is 11.5 Å². The molecular weight excluding hydrogens is 214 g/mol. The normalized spacial score (nSPS) is 10.2. The van der Waals surface area contributed by atoms with Crippen molar-refractivity contribution in [3.05, 3.63) is 53.7 Å². The summed E-state index contributed by atoms with van der Waals surface area (Å²) < 4.78 is 0. The minimum absolute atomic E-state index is 0.439. The fourth-order valence-electron chi connectivity index (χ4n) is 1.55. The second-order valence-corrected chi connectivity index (χ2v) is 3.70. The van der Waals surface area contributed by atoms with E-state index < -0.39 is 5.91 Å². The third-order valence-electron chi connectivity index (χ3n) is 2.50. The Morgan fingerprint density at radius 1 is 1.24 bits per heavy atom. The van der Waals surface area contributed by atoms with Gasteiger partial charge in [-0.05, 0) is 23.8 Å². The summed E-state index contributed by atoms with van der Waals surface area (Å²) >= 11 is 0. The number of amides is 1. The van der Waals surface area contributed by atoms with E-state index in [0.29, 0.717) is 12.1 Å². The quantitative estimate of drug-likeness (QED) is 0.829. The molecule has 1 heterocycles. The molecule has 0 aliphatic carbocycles. The molecule has 0 saturated carbocycles. The Bertz CT molecular complexity index is 535. The lowest BCUT2D eigenvalue weighted by atomic mass is 10.1. The van der Waals surface area contributed by atoms with E-state index in [4.69, 9.17) is 11.5 Å². The molecule has 0 atom stereocenters. The first-order chi connectivity index (χ1) is 8.20. The summed E-state index contributed by atoms with van der Waals surface area (Å²) in [5.74, 6) is -0.439. The summed E-state index contributed by atoms with van der Waals surface area (Å²) in [5.41, 5.74) is 13.8. The second kappa shape index (κ2) is 4.76. The molecule has 0 bridgehead atoms. The lowest BCUT2D eigenvalue weighted by Crippen LogP contribution is -2.10. The van der Waals surface area contributed by atoms with Gasteiger partial charge < -0.3 is 11.5 Å². The maximum Gasteiger partial charge on any atom is 0.248 e. The van der Waals surface area contributed by atoms with E-state index in [1.165, 1.54) is 0 Å². The van der Waals surface area contributed by atoms with E-state index in [9.17, 15) is 4.79 Å². The van der Waals surface area contributed by atoms with Crippen molar-refractivity contribution in [3.8, 4) is 11.3 Å². The number of hydrogen-bond acceptors (Lipinski definition) is 3. The third-order valence-corrected chi connectivity index (χ3v) is 2.50. The van der Waals surface area contributed by atoms with Crippen LogP contribution >= 0.6 is 0 Å². The molecule has 1 aromatic heterocycles. The predicted octanol–water partition coefficient (Wildman–Crippen LogP) is 1.31. The summed E-state index contributed by atoms with van der Waals surface area (Å²) in [6.45, 7) is 0.467. The van der Waals surface area contributed by atoms with Crippen molar-refractivity contribution in [3.63, 3.8) is 0 Å². The Morgan fingerprint density at radius 2 is 2.06 bits per heavy atom. The van der Waals surface area contributed by atoms with Gasteiger partial charge in [-0.25, -0.2) is 0 Å². The molecule has 0 saturated heterocycles. The zero-order chi connectivity index (χ0) is 12.3. The summed E-state index contributed by atoms with van der Waals surface area (Å²) in [6, 6.07) is 10.9. The lowest BCUT2D eigenvalue weighted by molar-refractivity contribution is 0.100. The van der Waals surface area contributed by atoms with Gasteiger partial charge in [0.25, 0.3) is 0 Å². The van der Waals surface area contributed by atoms with E-state index in [-0.39, 0.29) is 0 Å². The number of hydrogen-bond donors (Lipinski definition) is 2. The molecule has 4 heteroatoms. The molecule has 17 heavy (non-hydrogen) atoms. The van der Waals surface area contributed by atoms with Gasteiger partial charge in [-0.1, -0.05) is 18.2 Å². The Morgan fingerprint density at radius 3 is 2.65 bits per heavy atom. The highest BCUT2D eigenvalue weighted by atomic mass is 16.1. The van der Waals surface area contributed by atoms with Gasteiger partial charge in [0, 0.05) is 23.9 Å². The largest absolute Gasteiger partial charge is 0.366 e. The molecule has 1 amide bonds. The van der Waals surface area contributed by atoms with Crippen LogP contribution in [0, 0.1) is 0 Å². The number of nitrogens with zero attached hydrogens (tertiary/aromatic N) is 1. The molecule has 0 spiro atoms. The van der Waals surface area contributed by atoms with Gasteiger partial charge in [0.05, 0.1) is 5.69 Å². The van der Waals surface area contributed by atoms with Crippen LogP contribution in [-0.2, 0) is 6.54 Å². The van der Waals surface area contributed by atoms with Crippen LogP contribution in [0.25, 0.3) is 11.3 Å². The minimum atomic E-state index is -0.439. The first-order valence-corrected chi connectivity index (χ1v) is 5.26. The molecule has 0 aliphatic rings. The minimum Gasteiger partial charge on any atom is -0.366 e. The zero-order valence-electron chi connectivity index (χ0n) is 9.26. The topological polar surface area (TPSA) is 82.0 Å². The first kappa shape index (κ1) is 11.3. The number of primary amides is 1. The van der Waals surface area contributed by atoms with Crippen molar-refractivity contribution in [2.45, 2.75) is 6.54 Å². The van der Waals surface area contributed by atoms with Crippen LogP contribution in [0.1, 0.15) is 15.9 Å². The van der Waals surface area contributed by atoms with Crippen molar-refractivity contribution in [1.82, 2.24) is 4.98 Å². The average molecular weight is 227 g/mol. The smallest absolute Gasteiger partial charge is 0.248 e. The molecule has 0 unspecified atom stereocenters. The molecule has 1 aromatic carbocycles. The number of carbonyl (C=O) groups is 1. The van der Waals surface area contributed by atoms with Gasteiger partial charge in [0.2, 0.25) is 5.91 Å². The van der Waals surface area contributed by atoms with Crippen LogP contribution in [0.3, 0.4) is 0 Å². The summed E-state index contributed by atoms with van der Waals surface area (Å²) in [5, 5.41) is 0. The molecule has 2 aromatic rings. The van der Waals surface area contributed by atoms with Crippen LogP contribution in [0.2, 0.25) is 0 Å². The highest BCUT2D eigenvalue weighted by Crippen LogP contribution is 2.18. The monoisotopic (exact) mass is 227 g/mol. The van der Waals surface area contributed by atoms with Gasteiger partial charge in [0.1, 0.15) is 0 Å². The lowest BCUT2D eigenvalue weighted by Gasteiger charge is -2.03. The summed E-state index contributed by atoms with van der Waals surface area (Å²) in [7, 11) is 0. The van der Waals surface area contributed by atoms with Gasteiger partial charge in [-0.3, -0.25) is 9.78 Å². The number of nitrogens with two attached hydrogens (primary N) is 2. The fourth-order valence-corrected chi connectivity index (χ4v) is 1.55. The Hall–Kier alpha value is -2.20. The maximum atomic E-state index is 11.1. The highest BCUT2D eigenvalue weighted by molar-refractivity contribution is 5.93. The van der Waals surface area contributed by atoms with Gasteiger partial charge in [0.15, 0.2) is 0 Å². The van der Waals surface area contributed by atoms with E-state index in [1.807, 2.05) is 18.2 Å². The highest BCUT2D eigenvalue weighted by Gasteiger charge is 2.04. The fraction of sp³-hybridized carbons (Fsp3) is 0.0769. The summed E-state index contributed by atoms with van der Waals surface area (Å²) in [6.07, 6.45) is 1.73. The Kier molecular flexibility index (Phi) is 3.16. The average Bonchev–Trinajstić information content (AvgIpc) is 2.39. The van der Waals surface area contributed by atoms with Gasteiger partial charge in [-0.15, -0.1) is 0 Å². The maximum absolute atomic E-state index is 11.1. The number of carbonyl (C=O) groups excluding carboxylic acids is 1. The van der Waals surface area contributed by atoms with Gasteiger partial charge >= 0.3 is 0 Å². The summed E-state index contributed by atoms with van der Waals surface area (Å²) in [4.78, 5) is 15.4. The van der Waals surface area contributed by atoms with Gasteiger partial charge in [-0.2, -0.15) is 0 Å². The first-order valence-electron chi connectivity index (χ1n) is 5.26. The molecule has 4 nitrogen and oxygen atoms in total. The van der Waals surface area contributed by atoms with Crippen molar-refractivity contribution in [1.29, 1.82) is 0 Å². The SMILES string of the molecule is NCc1ccc(-c2cccc(C(N)=O)c2)nc1. The van der Waals surface area contributed by atoms with E-state index in [1.54, 1.807) is 24.4 Å². The molecule has 86 valence electrons. The Balaban J connectivity index is 2.38. The molecule has 2 rings (SSSR count). The van der Waals surface area contributed by atoms with Crippen LogP contribution in [0.15, 0.2) is 42.6 Å². The zero-order valence-corrected chi connectivity index (χ0v) is 9.26. The van der Waals surface area contributed by atoms with Crippen molar-refractivity contribution < 1.29 is 4.79 Å². The van der Waals surface area contributed by atoms with Crippen LogP contribution in [0.4, 0.5) is 0 Å². The van der Waals surface area contributed by atoms with E-state index in [0.717, 1.165) is 16.8 Å². The molecule has 4 N–H and O–H groups in total. The number of aromatic nitrogens is 1. The van der Waals surface area contributed by atoms with Crippen LogP contribution in [0.5, 0.6) is 0 Å². The van der Waals surface area contributed by atoms with E-state index >= 15 is 0 Å². The number of rotatable bonds is 3. The second-order valence-electron chi connectivity index (χ2n) is 3.70. The third kappa shape index (κ3) is 2.49. The van der Waals surface area contributed by atoms with Crippen LogP contribution < -0.4 is 11.5 Å². The standard InChI is InChI=1S/C13H13N3O/c14-7-9-4-5-12(16-8-9)10-2-1-3-11(6-10)13(15)17/h1-6,8H,7,14H2,(H2,15,17). The molecule has 0 fully saturated rings. The van der Waals surface area contributed by atoms with Crippen molar-refractivity contribution >= 4 is 5.91 Å². The predicted molar refractivity (Wildman–Crippen MR) is 66.1 cm³/mol. The number of pyridine rings is 1. The molecule has 0 radical (unpaired) electrons. The molecule has 0 aliphatic heterocycles. The molecular formula is C13H13N3O. The number of benzene rings is 1. The Labute approximate surface area is 99.3 Å². The van der Waals surface area contributed by atoms with Crippen molar-refractivity contribution in [2.75, 3.05) is 0 Å².